The molecular formula is C25H37N5O3. The van der Waals surface area contributed by atoms with Crippen molar-refractivity contribution < 1.29 is 14.4 Å². The molecule has 0 radical (unpaired) electrons. The smallest absolute Gasteiger partial charge is 0.325 e. The van der Waals surface area contributed by atoms with Crippen LogP contribution < -0.4 is 15.5 Å². The molecule has 1 spiro atoms. The Kier molecular flexibility index (Phi) is 6.66. The Bertz CT molecular complexity index is 881. The molecular weight excluding hydrogens is 418 g/mol. The van der Waals surface area contributed by atoms with Gasteiger partial charge in [0.1, 0.15) is 12.1 Å². The van der Waals surface area contributed by atoms with Crippen molar-refractivity contribution in [2.75, 3.05) is 50.7 Å². The van der Waals surface area contributed by atoms with Gasteiger partial charge in [-0.2, -0.15) is 0 Å². The van der Waals surface area contributed by atoms with E-state index in [-0.39, 0.29) is 23.8 Å². The van der Waals surface area contributed by atoms with Gasteiger partial charge in [0.05, 0.1) is 0 Å². The predicted octanol–water partition coefficient (Wildman–Crippen LogP) is 2.06. The predicted molar refractivity (Wildman–Crippen MR) is 128 cm³/mol. The number of hydrogen-bond acceptors (Lipinski definition) is 5. The van der Waals surface area contributed by atoms with Crippen LogP contribution in [0.2, 0.25) is 0 Å². The zero-order chi connectivity index (χ0) is 23.6. The molecule has 3 aliphatic rings. The van der Waals surface area contributed by atoms with Crippen molar-refractivity contribution in [3.05, 3.63) is 30.3 Å². The number of hydrogen-bond donors (Lipinski definition) is 2. The highest BCUT2D eigenvalue weighted by Gasteiger charge is 2.56. The van der Waals surface area contributed by atoms with Crippen LogP contribution in [0.15, 0.2) is 30.3 Å². The molecule has 8 nitrogen and oxygen atoms in total. The summed E-state index contributed by atoms with van der Waals surface area (Å²) in [4.78, 5) is 44.1. The molecule has 2 unspecified atom stereocenters. The van der Waals surface area contributed by atoms with Crippen LogP contribution in [0.3, 0.4) is 0 Å². The van der Waals surface area contributed by atoms with Crippen molar-refractivity contribution in [2.24, 2.45) is 11.3 Å². The number of para-hydroxylation sites is 1. The van der Waals surface area contributed by atoms with Crippen LogP contribution in [0.5, 0.6) is 0 Å². The molecule has 4 amide bonds. The number of imide groups is 1. The van der Waals surface area contributed by atoms with Crippen LogP contribution in [-0.2, 0) is 9.59 Å². The summed E-state index contributed by atoms with van der Waals surface area (Å²) in [6.07, 6.45) is 2.27. The molecule has 3 fully saturated rings. The molecule has 2 heterocycles. The maximum Gasteiger partial charge on any atom is 0.325 e. The van der Waals surface area contributed by atoms with Gasteiger partial charge in [-0.25, -0.2) is 4.79 Å². The third-order valence-corrected chi connectivity index (χ3v) is 7.17. The van der Waals surface area contributed by atoms with Gasteiger partial charge in [0.15, 0.2) is 0 Å². The zero-order valence-corrected chi connectivity index (χ0v) is 20.1. The molecule has 2 N–H and O–H groups in total. The number of nitrogens with zero attached hydrogens (tertiary/aromatic N) is 3. The zero-order valence-electron chi connectivity index (χ0n) is 20.1. The monoisotopic (exact) mass is 455 g/mol. The fraction of sp³-hybridized carbons (Fsp3) is 0.640. The number of nitrogens with one attached hydrogen (secondary N) is 2. The van der Waals surface area contributed by atoms with E-state index in [1.807, 2.05) is 6.07 Å². The lowest BCUT2D eigenvalue weighted by molar-refractivity contribution is -0.137. The molecule has 8 heteroatoms. The van der Waals surface area contributed by atoms with E-state index in [1.54, 1.807) is 0 Å². The lowest BCUT2D eigenvalue weighted by Crippen LogP contribution is -2.54. The molecule has 2 aliphatic heterocycles. The summed E-state index contributed by atoms with van der Waals surface area (Å²) in [7, 11) is 0. The molecule has 1 aromatic rings. The third kappa shape index (κ3) is 5.32. The summed E-state index contributed by atoms with van der Waals surface area (Å²) >= 11 is 0. The van der Waals surface area contributed by atoms with Crippen molar-refractivity contribution in [3.63, 3.8) is 0 Å². The average Bonchev–Trinajstić information content (AvgIpc) is 2.96. The summed E-state index contributed by atoms with van der Waals surface area (Å²) in [5.74, 6) is -0.199. The van der Waals surface area contributed by atoms with Crippen LogP contribution in [-0.4, -0.2) is 79.0 Å². The number of anilines is 1. The highest BCUT2D eigenvalue weighted by Crippen LogP contribution is 2.46. The van der Waals surface area contributed by atoms with Gasteiger partial charge in [0.25, 0.3) is 5.91 Å². The first-order valence-corrected chi connectivity index (χ1v) is 12.1. The lowest BCUT2D eigenvalue weighted by atomic mass is 9.64. The first-order valence-electron chi connectivity index (χ1n) is 12.1. The number of rotatable bonds is 6. The second-order valence-corrected chi connectivity index (χ2v) is 10.8. The summed E-state index contributed by atoms with van der Waals surface area (Å²) in [6.45, 7) is 11.2. The van der Waals surface area contributed by atoms with Crippen LogP contribution in [0.4, 0.5) is 10.5 Å². The van der Waals surface area contributed by atoms with Crippen LogP contribution in [0.25, 0.3) is 0 Å². The van der Waals surface area contributed by atoms with Crippen molar-refractivity contribution in [3.8, 4) is 0 Å². The van der Waals surface area contributed by atoms with E-state index >= 15 is 0 Å². The number of carbonyl (C=O) groups is 3. The average molecular weight is 456 g/mol. The Morgan fingerprint density at radius 2 is 1.79 bits per heavy atom. The molecule has 33 heavy (non-hydrogen) atoms. The Morgan fingerprint density at radius 3 is 2.45 bits per heavy atom. The molecule has 1 saturated carbocycles. The number of urea groups is 1. The van der Waals surface area contributed by atoms with E-state index in [9.17, 15) is 14.4 Å². The Morgan fingerprint density at radius 1 is 1.09 bits per heavy atom. The minimum absolute atomic E-state index is 0.0244. The Balaban J connectivity index is 1.22. The minimum Gasteiger partial charge on any atom is -0.369 e. The minimum atomic E-state index is -0.864. The van der Waals surface area contributed by atoms with Gasteiger partial charge in [-0.3, -0.25) is 19.4 Å². The van der Waals surface area contributed by atoms with Gasteiger partial charge in [0, 0.05) is 45.0 Å². The van der Waals surface area contributed by atoms with Gasteiger partial charge in [0.2, 0.25) is 5.91 Å². The Hall–Kier alpha value is -2.61. The van der Waals surface area contributed by atoms with Gasteiger partial charge >= 0.3 is 6.03 Å². The van der Waals surface area contributed by atoms with E-state index in [1.165, 1.54) is 5.69 Å². The van der Waals surface area contributed by atoms with E-state index < -0.39 is 11.6 Å². The number of amides is 4. The third-order valence-electron chi connectivity index (χ3n) is 7.17. The quantitative estimate of drug-likeness (QED) is 0.642. The van der Waals surface area contributed by atoms with Crippen LogP contribution >= 0.6 is 0 Å². The normalized spacial score (nSPS) is 27.7. The van der Waals surface area contributed by atoms with E-state index in [0.29, 0.717) is 25.3 Å². The summed E-state index contributed by atoms with van der Waals surface area (Å²) in [6, 6.07) is 9.95. The van der Waals surface area contributed by atoms with Gasteiger partial charge in [-0.1, -0.05) is 39.0 Å². The van der Waals surface area contributed by atoms with Crippen molar-refractivity contribution in [2.45, 2.75) is 45.6 Å². The summed E-state index contributed by atoms with van der Waals surface area (Å²) < 4.78 is 0. The highest BCUT2D eigenvalue weighted by atomic mass is 16.2. The maximum atomic E-state index is 13.2. The summed E-state index contributed by atoms with van der Waals surface area (Å²) in [5, 5.41) is 5.82. The standard InChI is InChI=1S/C25H37N5O3/c1-19-15-24(2,3)18-25(16-19)22(32)30(23(33)27-25)17-21(31)26-9-10-28-11-13-29(14-12-28)20-7-5-4-6-8-20/h4-8,19H,9-18H2,1-3H3,(H,26,31)(H,27,33). The molecule has 0 bridgehead atoms. The van der Waals surface area contributed by atoms with Crippen molar-refractivity contribution in [1.82, 2.24) is 20.4 Å². The Labute approximate surface area is 196 Å². The topological polar surface area (TPSA) is 85.0 Å². The second kappa shape index (κ2) is 9.33. The fourth-order valence-electron chi connectivity index (χ4n) is 6.07. The van der Waals surface area contributed by atoms with E-state index in [2.05, 4.69) is 65.5 Å². The SMILES string of the molecule is CC1CC(C)(C)CC2(C1)NC(=O)N(CC(=O)NCCN1CCN(c3ccccc3)CC1)C2=O. The maximum absolute atomic E-state index is 13.2. The number of piperazine rings is 1. The van der Waals surface area contributed by atoms with Gasteiger partial charge in [-0.15, -0.1) is 0 Å². The van der Waals surface area contributed by atoms with E-state index in [0.717, 1.165) is 44.0 Å². The van der Waals surface area contributed by atoms with Crippen LogP contribution in [0, 0.1) is 11.3 Å². The fourth-order valence-corrected chi connectivity index (χ4v) is 6.07. The molecule has 4 rings (SSSR count). The van der Waals surface area contributed by atoms with Gasteiger partial charge in [-0.05, 0) is 42.7 Å². The molecule has 1 aromatic carbocycles. The first kappa shape index (κ1) is 23.5. The van der Waals surface area contributed by atoms with Crippen molar-refractivity contribution in [1.29, 1.82) is 0 Å². The number of carbonyl (C=O) groups excluding carboxylic acids is 3. The largest absolute Gasteiger partial charge is 0.369 e. The molecule has 2 saturated heterocycles. The molecule has 1 aliphatic carbocycles. The van der Waals surface area contributed by atoms with Crippen LogP contribution in [0.1, 0.15) is 40.0 Å². The number of benzene rings is 1. The molecule has 2 atom stereocenters. The molecule has 180 valence electrons. The highest BCUT2D eigenvalue weighted by molar-refractivity contribution is 6.09. The second-order valence-electron chi connectivity index (χ2n) is 10.8. The first-order chi connectivity index (χ1) is 15.7. The molecule has 0 aromatic heterocycles. The van der Waals surface area contributed by atoms with Gasteiger partial charge < -0.3 is 15.5 Å². The lowest BCUT2D eigenvalue weighted by Gasteiger charge is -2.43. The van der Waals surface area contributed by atoms with E-state index in [4.69, 9.17) is 0 Å². The summed E-state index contributed by atoms with van der Waals surface area (Å²) in [5.41, 5.74) is 0.355. The van der Waals surface area contributed by atoms with Crippen molar-refractivity contribution >= 4 is 23.5 Å².